The average molecular weight is 128 g/mol. The van der Waals surface area contributed by atoms with Crippen LogP contribution < -0.4 is 0 Å². The van der Waals surface area contributed by atoms with E-state index in [1.165, 1.54) is 0 Å². The minimum Gasteiger partial charge on any atom is -0.474 e. The molecule has 0 aliphatic heterocycles. The van der Waals surface area contributed by atoms with Crippen LogP contribution in [0.5, 0.6) is 0 Å². The van der Waals surface area contributed by atoms with Crippen molar-refractivity contribution in [3.63, 3.8) is 0 Å². The Morgan fingerprint density at radius 3 is 2.67 bits per heavy atom. The fraction of sp³-hybridized carbons (Fsp3) is 0.857. The third-order valence-electron chi connectivity index (χ3n) is 0.704. The summed E-state index contributed by atoms with van der Waals surface area (Å²) >= 11 is 0. The summed E-state index contributed by atoms with van der Waals surface area (Å²) in [7, 11) is 0. The molecule has 0 aromatic rings. The Labute approximate surface area is 56.9 Å². The Bertz CT molecular complexity index is 79.0. The van der Waals surface area contributed by atoms with Crippen molar-refractivity contribution < 1.29 is 4.74 Å². The van der Waals surface area contributed by atoms with E-state index in [0.717, 1.165) is 6.54 Å². The minimum atomic E-state index is 0.560. The van der Waals surface area contributed by atoms with Crippen LogP contribution in [-0.2, 0) is 4.74 Å². The van der Waals surface area contributed by atoms with Crippen molar-refractivity contribution in [2.24, 2.45) is 10.9 Å². The summed E-state index contributed by atoms with van der Waals surface area (Å²) < 4.78 is 4.92. The Morgan fingerprint density at radius 1 is 1.56 bits per heavy atom. The minimum absolute atomic E-state index is 0.560. The van der Waals surface area contributed by atoms with Gasteiger partial charge in [0, 0.05) is 6.54 Å². The lowest BCUT2D eigenvalue weighted by Gasteiger charge is -1.99. The first-order valence-electron chi connectivity index (χ1n) is 3.30. The summed E-state index contributed by atoms with van der Waals surface area (Å²) in [6.45, 7) is 7.59. The second kappa shape index (κ2) is 5.60. The van der Waals surface area contributed by atoms with Gasteiger partial charge in [-0.05, 0) is 12.8 Å². The molecule has 0 N–H and O–H groups in total. The maximum absolute atomic E-state index is 4.92. The largest absolute Gasteiger partial charge is 0.474 e. The lowest BCUT2D eigenvalue weighted by molar-refractivity contribution is 0.270. The van der Waals surface area contributed by atoms with Crippen LogP contribution in [0.4, 0.5) is 0 Å². The first kappa shape index (κ1) is 8.47. The quantitative estimate of drug-likeness (QED) is 0.416. The van der Waals surface area contributed by atoms with Crippen LogP contribution in [0.25, 0.3) is 0 Å². The lowest BCUT2D eigenvalue weighted by Crippen LogP contribution is -1.99. The zero-order valence-electron chi connectivity index (χ0n) is 6.35. The van der Waals surface area contributed by atoms with E-state index in [4.69, 9.17) is 4.74 Å². The molecule has 0 heterocycles. The summed E-state index contributed by atoms with van der Waals surface area (Å²) in [5.41, 5.74) is 0. The fourth-order valence-corrected chi connectivity index (χ4v) is 0.314. The van der Waals surface area contributed by atoms with Crippen LogP contribution in [0.15, 0.2) is 4.99 Å². The highest BCUT2D eigenvalue weighted by Gasteiger charge is 1.89. The number of ether oxygens (including phenoxy) is 1. The third kappa shape index (κ3) is 7.47. The average Bonchev–Trinajstić information content (AvgIpc) is 1.80. The van der Waals surface area contributed by atoms with Crippen LogP contribution >= 0.6 is 0 Å². The van der Waals surface area contributed by atoms with E-state index in [-0.39, 0.29) is 0 Å². The summed E-state index contributed by atoms with van der Waals surface area (Å²) in [5, 5.41) is 0. The van der Waals surface area contributed by atoms with Gasteiger partial charge < -0.3 is 4.74 Å². The van der Waals surface area contributed by atoms with E-state index in [1.54, 1.807) is 0 Å². The standard InChI is InChI=1S/C7H14NO/c1-4-8-6-9-5-7(2)3/h7H,4-5H2,1-3H3. The molecule has 0 bridgehead atoms. The highest BCUT2D eigenvalue weighted by molar-refractivity contribution is 5.45. The van der Waals surface area contributed by atoms with E-state index < -0.39 is 0 Å². The van der Waals surface area contributed by atoms with Crippen LogP contribution in [0.1, 0.15) is 20.8 Å². The Morgan fingerprint density at radius 2 is 2.22 bits per heavy atom. The topological polar surface area (TPSA) is 21.6 Å². The maximum Gasteiger partial charge on any atom is 0.273 e. The molecule has 2 heteroatoms. The molecular weight excluding hydrogens is 114 g/mol. The molecule has 0 unspecified atom stereocenters. The second-order valence-electron chi connectivity index (χ2n) is 2.27. The van der Waals surface area contributed by atoms with Gasteiger partial charge in [0.1, 0.15) is 0 Å². The molecule has 0 rings (SSSR count). The highest BCUT2D eigenvalue weighted by atomic mass is 16.5. The molecule has 0 amide bonds. The Kier molecular flexibility index (Phi) is 5.27. The summed E-state index contributed by atoms with van der Waals surface area (Å²) in [6, 6.07) is 0. The molecule has 53 valence electrons. The number of aliphatic imine (C=N–C) groups is 1. The molecule has 0 fully saturated rings. The van der Waals surface area contributed by atoms with Crippen molar-refractivity contribution in [3.05, 3.63) is 0 Å². The van der Waals surface area contributed by atoms with Crippen molar-refractivity contribution in [1.82, 2.24) is 0 Å². The molecule has 0 aromatic heterocycles. The van der Waals surface area contributed by atoms with Crippen molar-refractivity contribution in [1.29, 1.82) is 0 Å². The van der Waals surface area contributed by atoms with E-state index in [1.807, 2.05) is 6.92 Å². The van der Waals surface area contributed by atoms with E-state index in [2.05, 4.69) is 25.2 Å². The summed E-state index contributed by atoms with van der Waals surface area (Å²) in [4.78, 5) is 3.77. The number of rotatable bonds is 4. The third-order valence-corrected chi connectivity index (χ3v) is 0.704. The molecule has 0 aliphatic carbocycles. The first-order chi connectivity index (χ1) is 4.27. The van der Waals surface area contributed by atoms with Gasteiger partial charge in [0.25, 0.3) is 6.40 Å². The van der Waals surface area contributed by atoms with Gasteiger partial charge >= 0.3 is 0 Å². The lowest BCUT2D eigenvalue weighted by atomic mass is 10.2. The highest BCUT2D eigenvalue weighted by Crippen LogP contribution is 1.89. The predicted molar refractivity (Wildman–Crippen MR) is 38.8 cm³/mol. The van der Waals surface area contributed by atoms with Crippen molar-refractivity contribution in [2.45, 2.75) is 20.8 Å². The predicted octanol–water partition coefficient (Wildman–Crippen LogP) is 1.58. The molecule has 0 saturated carbocycles. The monoisotopic (exact) mass is 128 g/mol. The number of hydrogen-bond donors (Lipinski definition) is 0. The molecule has 0 aliphatic rings. The second-order valence-corrected chi connectivity index (χ2v) is 2.27. The van der Waals surface area contributed by atoms with Gasteiger partial charge in [0.15, 0.2) is 0 Å². The molecule has 0 atom stereocenters. The fourth-order valence-electron chi connectivity index (χ4n) is 0.314. The van der Waals surface area contributed by atoms with Crippen LogP contribution in [0, 0.1) is 5.92 Å². The normalized spacial score (nSPS) is 11.1. The zero-order chi connectivity index (χ0) is 7.11. The van der Waals surface area contributed by atoms with Gasteiger partial charge in [0.05, 0.1) is 6.61 Å². The molecule has 0 saturated heterocycles. The molecule has 9 heavy (non-hydrogen) atoms. The van der Waals surface area contributed by atoms with Gasteiger partial charge in [-0.2, -0.15) is 0 Å². The van der Waals surface area contributed by atoms with E-state index in [0.29, 0.717) is 12.5 Å². The van der Waals surface area contributed by atoms with Crippen LogP contribution in [0.3, 0.4) is 0 Å². The number of nitrogens with zero attached hydrogens (tertiary/aromatic N) is 1. The van der Waals surface area contributed by atoms with E-state index in [9.17, 15) is 0 Å². The molecular formula is C7H14NO. The van der Waals surface area contributed by atoms with Gasteiger partial charge in [-0.1, -0.05) is 13.8 Å². The molecule has 0 aromatic carbocycles. The smallest absolute Gasteiger partial charge is 0.273 e. The SMILES string of the molecule is CC/N=[C]/OCC(C)C. The van der Waals surface area contributed by atoms with Gasteiger partial charge in [0.2, 0.25) is 0 Å². The summed E-state index contributed by atoms with van der Waals surface area (Å²) in [6.07, 6.45) is 2.49. The molecule has 2 nitrogen and oxygen atoms in total. The van der Waals surface area contributed by atoms with Crippen molar-refractivity contribution in [2.75, 3.05) is 13.2 Å². The Balaban J connectivity index is 2.99. The van der Waals surface area contributed by atoms with Crippen LogP contribution in [0.2, 0.25) is 0 Å². The maximum atomic E-state index is 4.92. The van der Waals surface area contributed by atoms with Crippen molar-refractivity contribution in [3.8, 4) is 0 Å². The van der Waals surface area contributed by atoms with Gasteiger partial charge in [-0.3, -0.25) is 0 Å². The van der Waals surface area contributed by atoms with Crippen LogP contribution in [-0.4, -0.2) is 19.6 Å². The first-order valence-corrected chi connectivity index (χ1v) is 3.30. The Hall–Kier alpha value is -0.530. The summed E-state index contributed by atoms with van der Waals surface area (Å²) in [5.74, 6) is 0.560. The molecule has 0 spiro atoms. The van der Waals surface area contributed by atoms with Gasteiger partial charge in [-0.15, -0.1) is 0 Å². The zero-order valence-corrected chi connectivity index (χ0v) is 6.35. The van der Waals surface area contributed by atoms with E-state index >= 15 is 0 Å². The number of hydrogen-bond acceptors (Lipinski definition) is 2. The van der Waals surface area contributed by atoms with Gasteiger partial charge in [-0.25, -0.2) is 4.99 Å². The molecule has 1 radical (unpaired) electrons. The van der Waals surface area contributed by atoms with Crippen molar-refractivity contribution >= 4 is 6.40 Å².